The van der Waals surface area contributed by atoms with Crippen LogP contribution in [0.1, 0.15) is 54.4 Å². The average molecular weight is 489 g/mol. The van der Waals surface area contributed by atoms with Gasteiger partial charge in [-0.3, -0.25) is 9.69 Å². The number of rotatable bonds is 7. The third-order valence-electron chi connectivity index (χ3n) is 6.69. The molecule has 2 saturated heterocycles. The standard InChI is InChI=1S/C27H44N4O4/c1-20(2)31(26(33)35-27(4,5)6)19-22-8-7-13-30(18-22)21(3)25(32)28-23-9-11-24(12-10-23)29-14-16-34-17-15-29/h9-12,20-22H,7-8,13-19H2,1-6H3,(H,28,32). The number of ether oxygens (including phenoxy) is 2. The Hall–Kier alpha value is -2.32. The molecule has 35 heavy (non-hydrogen) atoms. The SMILES string of the molecule is CC(C(=O)Nc1ccc(N2CCOCC2)cc1)N1CCCC(CN(C(=O)OC(C)(C)C)C(C)C)C1. The van der Waals surface area contributed by atoms with Gasteiger partial charge in [-0.05, 0) is 91.1 Å². The number of benzene rings is 1. The summed E-state index contributed by atoms with van der Waals surface area (Å²) >= 11 is 0. The Labute approximate surface area is 210 Å². The first kappa shape index (κ1) is 27.3. The number of nitrogens with zero attached hydrogens (tertiary/aromatic N) is 3. The van der Waals surface area contributed by atoms with Crippen molar-refractivity contribution in [2.24, 2.45) is 5.92 Å². The number of morpholine rings is 1. The molecule has 0 saturated carbocycles. The average Bonchev–Trinajstić information content (AvgIpc) is 2.82. The molecular weight excluding hydrogens is 444 g/mol. The number of amides is 2. The second-order valence-corrected chi connectivity index (χ2v) is 11.0. The van der Waals surface area contributed by atoms with Crippen LogP contribution in [0.25, 0.3) is 0 Å². The van der Waals surface area contributed by atoms with Crippen molar-refractivity contribution in [3.8, 4) is 0 Å². The molecule has 1 aromatic rings. The Morgan fingerprint density at radius 3 is 2.37 bits per heavy atom. The zero-order valence-electron chi connectivity index (χ0n) is 22.4. The van der Waals surface area contributed by atoms with E-state index in [1.165, 1.54) is 0 Å². The van der Waals surface area contributed by atoms with Gasteiger partial charge in [0.1, 0.15) is 5.60 Å². The molecule has 0 aromatic heterocycles. The summed E-state index contributed by atoms with van der Waals surface area (Å²) in [5, 5.41) is 3.08. The molecule has 8 heteroatoms. The second-order valence-electron chi connectivity index (χ2n) is 11.0. The highest BCUT2D eigenvalue weighted by molar-refractivity contribution is 5.94. The lowest BCUT2D eigenvalue weighted by Gasteiger charge is -2.39. The smallest absolute Gasteiger partial charge is 0.410 e. The van der Waals surface area contributed by atoms with Gasteiger partial charge >= 0.3 is 6.09 Å². The van der Waals surface area contributed by atoms with E-state index in [9.17, 15) is 9.59 Å². The van der Waals surface area contributed by atoms with Crippen LogP contribution in [0.3, 0.4) is 0 Å². The Morgan fingerprint density at radius 2 is 1.77 bits per heavy atom. The maximum absolute atomic E-state index is 13.0. The van der Waals surface area contributed by atoms with E-state index >= 15 is 0 Å². The Bertz CT molecular complexity index is 831. The number of hydrogen-bond donors (Lipinski definition) is 1. The Kier molecular flexibility index (Phi) is 9.41. The van der Waals surface area contributed by atoms with E-state index in [-0.39, 0.29) is 24.1 Å². The van der Waals surface area contributed by atoms with Gasteiger partial charge in [-0.25, -0.2) is 4.79 Å². The van der Waals surface area contributed by atoms with Gasteiger partial charge in [0, 0.05) is 43.6 Å². The minimum absolute atomic E-state index is 0.00219. The monoisotopic (exact) mass is 488 g/mol. The van der Waals surface area contributed by atoms with Gasteiger partial charge in [0.2, 0.25) is 5.91 Å². The van der Waals surface area contributed by atoms with Gasteiger partial charge in [-0.1, -0.05) is 0 Å². The van der Waals surface area contributed by atoms with E-state index in [1.54, 1.807) is 0 Å². The van der Waals surface area contributed by atoms with Crippen molar-refractivity contribution in [3.63, 3.8) is 0 Å². The molecule has 0 spiro atoms. The summed E-state index contributed by atoms with van der Waals surface area (Å²) in [6.45, 7) is 17.3. The summed E-state index contributed by atoms with van der Waals surface area (Å²) in [5.74, 6) is 0.305. The number of likely N-dealkylation sites (tertiary alicyclic amines) is 1. The minimum atomic E-state index is -0.518. The molecule has 0 aliphatic carbocycles. The van der Waals surface area contributed by atoms with E-state index in [2.05, 4.69) is 27.2 Å². The fraction of sp³-hybridized carbons (Fsp3) is 0.704. The lowest BCUT2D eigenvalue weighted by Crippen LogP contribution is -2.50. The molecule has 0 bridgehead atoms. The van der Waals surface area contributed by atoms with Gasteiger partial charge < -0.3 is 24.6 Å². The number of anilines is 2. The molecule has 196 valence electrons. The molecule has 0 radical (unpaired) electrons. The van der Waals surface area contributed by atoms with E-state index in [4.69, 9.17) is 9.47 Å². The zero-order chi connectivity index (χ0) is 25.6. The number of hydrogen-bond acceptors (Lipinski definition) is 6. The third kappa shape index (κ3) is 8.10. The van der Waals surface area contributed by atoms with Crippen LogP contribution in [0.15, 0.2) is 24.3 Å². The van der Waals surface area contributed by atoms with E-state index in [0.29, 0.717) is 12.5 Å². The first-order valence-electron chi connectivity index (χ1n) is 13.0. The summed E-state index contributed by atoms with van der Waals surface area (Å²) in [7, 11) is 0. The number of carbonyl (C=O) groups excluding carboxylic acids is 2. The van der Waals surface area contributed by atoms with Crippen LogP contribution in [0.5, 0.6) is 0 Å². The largest absolute Gasteiger partial charge is 0.444 e. The molecule has 2 amide bonds. The number of nitrogens with one attached hydrogen (secondary N) is 1. The van der Waals surface area contributed by atoms with Crippen LogP contribution >= 0.6 is 0 Å². The second kappa shape index (κ2) is 12.1. The summed E-state index contributed by atoms with van der Waals surface area (Å²) in [6.07, 6.45) is 1.78. The van der Waals surface area contributed by atoms with Crippen molar-refractivity contribution in [2.75, 3.05) is 56.2 Å². The van der Waals surface area contributed by atoms with Gasteiger partial charge in [0.25, 0.3) is 0 Å². The van der Waals surface area contributed by atoms with Crippen molar-refractivity contribution in [2.45, 2.75) is 72.1 Å². The molecule has 2 aliphatic heterocycles. The lowest BCUT2D eigenvalue weighted by molar-refractivity contribution is -0.121. The molecule has 3 rings (SSSR count). The van der Waals surface area contributed by atoms with Crippen molar-refractivity contribution in [1.82, 2.24) is 9.80 Å². The van der Waals surface area contributed by atoms with Crippen LogP contribution in [-0.4, -0.2) is 85.4 Å². The fourth-order valence-corrected chi connectivity index (χ4v) is 4.68. The van der Waals surface area contributed by atoms with E-state index in [1.807, 2.05) is 58.6 Å². The maximum atomic E-state index is 13.0. The predicted octanol–water partition coefficient (Wildman–Crippen LogP) is 4.21. The van der Waals surface area contributed by atoms with Crippen LogP contribution in [0.2, 0.25) is 0 Å². The molecule has 1 aromatic carbocycles. The normalized spacial score (nSPS) is 20.4. The first-order chi connectivity index (χ1) is 16.5. The topological polar surface area (TPSA) is 74.4 Å². The molecule has 1 N–H and O–H groups in total. The van der Waals surface area contributed by atoms with Crippen molar-refractivity contribution < 1.29 is 19.1 Å². The van der Waals surface area contributed by atoms with Crippen LogP contribution in [0, 0.1) is 5.92 Å². The number of piperidine rings is 1. The molecule has 2 heterocycles. The van der Waals surface area contributed by atoms with Crippen molar-refractivity contribution in [1.29, 1.82) is 0 Å². The molecule has 8 nitrogen and oxygen atoms in total. The van der Waals surface area contributed by atoms with Gasteiger partial charge in [0.05, 0.1) is 19.3 Å². The first-order valence-corrected chi connectivity index (χ1v) is 13.0. The molecule has 2 atom stereocenters. The van der Waals surface area contributed by atoms with Crippen LogP contribution < -0.4 is 10.2 Å². The van der Waals surface area contributed by atoms with E-state index < -0.39 is 5.60 Å². The third-order valence-corrected chi connectivity index (χ3v) is 6.69. The predicted molar refractivity (Wildman–Crippen MR) is 140 cm³/mol. The number of carbonyl (C=O) groups is 2. The minimum Gasteiger partial charge on any atom is -0.444 e. The Morgan fingerprint density at radius 1 is 1.11 bits per heavy atom. The fourth-order valence-electron chi connectivity index (χ4n) is 4.68. The van der Waals surface area contributed by atoms with Gasteiger partial charge in [-0.2, -0.15) is 0 Å². The molecule has 2 aliphatic rings. The Balaban J connectivity index is 1.54. The highest BCUT2D eigenvalue weighted by atomic mass is 16.6. The van der Waals surface area contributed by atoms with Gasteiger partial charge in [-0.15, -0.1) is 0 Å². The molecule has 2 fully saturated rings. The van der Waals surface area contributed by atoms with Crippen molar-refractivity contribution >= 4 is 23.4 Å². The quantitative estimate of drug-likeness (QED) is 0.620. The van der Waals surface area contributed by atoms with Crippen molar-refractivity contribution in [3.05, 3.63) is 24.3 Å². The van der Waals surface area contributed by atoms with Gasteiger partial charge in [0.15, 0.2) is 0 Å². The highest BCUT2D eigenvalue weighted by Crippen LogP contribution is 2.23. The van der Waals surface area contributed by atoms with Crippen LogP contribution in [0.4, 0.5) is 16.2 Å². The summed E-state index contributed by atoms with van der Waals surface area (Å²) in [4.78, 5) is 32.1. The van der Waals surface area contributed by atoms with E-state index in [0.717, 1.165) is 63.6 Å². The lowest BCUT2D eigenvalue weighted by atomic mass is 9.95. The molecular formula is C27H44N4O4. The highest BCUT2D eigenvalue weighted by Gasteiger charge is 2.31. The molecule has 2 unspecified atom stereocenters. The summed E-state index contributed by atoms with van der Waals surface area (Å²) in [5.41, 5.74) is 1.44. The maximum Gasteiger partial charge on any atom is 0.410 e. The summed E-state index contributed by atoms with van der Waals surface area (Å²) in [6, 6.07) is 7.86. The summed E-state index contributed by atoms with van der Waals surface area (Å²) < 4.78 is 11.1. The van der Waals surface area contributed by atoms with Crippen LogP contribution in [-0.2, 0) is 14.3 Å². The zero-order valence-corrected chi connectivity index (χ0v) is 22.4.